The summed E-state index contributed by atoms with van der Waals surface area (Å²) in [4.78, 5) is 24.2. The summed E-state index contributed by atoms with van der Waals surface area (Å²) in [5, 5.41) is 0. The molecular formula is C9H13N5O. The molecule has 1 atom stereocenters. The first kappa shape index (κ1) is 9.70. The zero-order chi connectivity index (χ0) is 11.2. The number of nitrogens with zero attached hydrogens (tertiary/aromatic N) is 3. The monoisotopic (exact) mass is 207 g/mol. The van der Waals surface area contributed by atoms with Crippen molar-refractivity contribution in [3.05, 3.63) is 10.4 Å². The standard InChI is InChI=1S/C9H13N5O/c1-4-5(2)14(3)7-6(11-4)8(15)13-9(10)12-7/h5H,1-3H3,(H3,10,12,13,15). The Morgan fingerprint density at radius 1 is 1.53 bits per heavy atom. The lowest BCUT2D eigenvalue weighted by atomic mass is 10.1. The highest BCUT2D eigenvalue weighted by Gasteiger charge is 2.24. The molecule has 1 aliphatic heterocycles. The molecule has 1 aromatic heterocycles. The predicted molar refractivity (Wildman–Crippen MR) is 59.9 cm³/mol. The number of hydrogen-bond donors (Lipinski definition) is 2. The molecule has 0 radical (unpaired) electrons. The third-order valence-electron chi connectivity index (χ3n) is 2.70. The van der Waals surface area contributed by atoms with Crippen molar-refractivity contribution in [2.24, 2.45) is 4.99 Å². The lowest BCUT2D eigenvalue weighted by molar-refractivity contribution is 0.818. The third kappa shape index (κ3) is 1.38. The van der Waals surface area contributed by atoms with Crippen molar-refractivity contribution in [1.29, 1.82) is 0 Å². The number of aromatic nitrogens is 2. The Kier molecular flexibility index (Phi) is 1.99. The van der Waals surface area contributed by atoms with Crippen molar-refractivity contribution >= 4 is 23.2 Å². The van der Waals surface area contributed by atoms with E-state index in [-0.39, 0.29) is 17.5 Å². The maximum Gasteiger partial charge on any atom is 0.280 e. The Morgan fingerprint density at radius 3 is 2.87 bits per heavy atom. The van der Waals surface area contributed by atoms with E-state index >= 15 is 0 Å². The van der Waals surface area contributed by atoms with E-state index < -0.39 is 0 Å². The first-order chi connectivity index (χ1) is 7.00. The van der Waals surface area contributed by atoms with Crippen molar-refractivity contribution in [3.63, 3.8) is 0 Å². The third-order valence-corrected chi connectivity index (χ3v) is 2.70. The van der Waals surface area contributed by atoms with Gasteiger partial charge in [-0.1, -0.05) is 0 Å². The van der Waals surface area contributed by atoms with E-state index in [1.807, 2.05) is 25.8 Å². The molecule has 2 heterocycles. The smallest absolute Gasteiger partial charge is 0.280 e. The van der Waals surface area contributed by atoms with Gasteiger partial charge in [-0.05, 0) is 13.8 Å². The van der Waals surface area contributed by atoms with Gasteiger partial charge < -0.3 is 10.6 Å². The zero-order valence-corrected chi connectivity index (χ0v) is 8.90. The fourth-order valence-corrected chi connectivity index (χ4v) is 1.55. The molecule has 0 fully saturated rings. The summed E-state index contributed by atoms with van der Waals surface area (Å²) in [5.74, 6) is 0.655. The molecule has 0 saturated carbocycles. The minimum Gasteiger partial charge on any atom is -0.369 e. The Bertz CT molecular complexity index is 490. The molecule has 1 aliphatic rings. The largest absolute Gasteiger partial charge is 0.369 e. The molecule has 6 heteroatoms. The lowest BCUT2D eigenvalue weighted by Gasteiger charge is -2.30. The topological polar surface area (TPSA) is 87.4 Å². The average molecular weight is 207 g/mol. The summed E-state index contributed by atoms with van der Waals surface area (Å²) in [7, 11) is 1.87. The fraction of sp³-hybridized carbons (Fsp3) is 0.444. The number of aliphatic imine (C=N–C) groups is 1. The van der Waals surface area contributed by atoms with Gasteiger partial charge in [0, 0.05) is 12.8 Å². The summed E-state index contributed by atoms with van der Waals surface area (Å²) in [5.41, 5.74) is 6.41. The van der Waals surface area contributed by atoms with E-state index in [9.17, 15) is 4.79 Å². The van der Waals surface area contributed by atoms with E-state index in [1.165, 1.54) is 0 Å². The highest BCUT2D eigenvalue weighted by atomic mass is 16.1. The molecule has 1 unspecified atom stereocenters. The number of fused-ring (bicyclic) bond motifs is 1. The van der Waals surface area contributed by atoms with Gasteiger partial charge in [-0.15, -0.1) is 0 Å². The van der Waals surface area contributed by atoms with Gasteiger partial charge in [0.05, 0.1) is 6.04 Å². The van der Waals surface area contributed by atoms with Crippen LogP contribution in [0.25, 0.3) is 0 Å². The molecule has 15 heavy (non-hydrogen) atoms. The van der Waals surface area contributed by atoms with Crippen molar-refractivity contribution in [2.75, 3.05) is 17.7 Å². The van der Waals surface area contributed by atoms with Gasteiger partial charge in [-0.25, -0.2) is 4.99 Å². The molecular weight excluding hydrogens is 194 g/mol. The molecule has 1 aromatic rings. The van der Waals surface area contributed by atoms with Gasteiger partial charge in [0.2, 0.25) is 5.95 Å². The first-order valence-electron chi connectivity index (χ1n) is 4.68. The highest BCUT2D eigenvalue weighted by Crippen LogP contribution is 2.28. The number of rotatable bonds is 0. The minimum atomic E-state index is -0.296. The van der Waals surface area contributed by atoms with Crippen molar-refractivity contribution in [1.82, 2.24) is 9.97 Å². The number of nitrogens with one attached hydrogen (secondary N) is 1. The van der Waals surface area contributed by atoms with Crippen LogP contribution in [-0.4, -0.2) is 28.8 Å². The molecule has 2 rings (SSSR count). The van der Waals surface area contributed by atoms with Gasteiger partial charge in [0.15, 0.2) is 11.5 Å². The quantitative estimate of drug-likeness (QED) is 0.639. The van der Waals surface area contributed by atoms with Crippen LogP contribution in [0.2, 0.25) is 0 Å². The normalized spacial score (nSPS) is 19.8. The average Bonchev–Trinajstić information content (AvgIpc) is 2.17. The van der Waals surface area contributed by atoms with Crippen molar-refractivity contribution in [2.45, 2.75) is 19.9 Å². The van der Waals surface area contributed by atoms with Crippen LogP contribution >= 0.6 is 0 Å². The Morgan fingerprint density at radius 2 is 2.20 bits per heavy atom. The summed E-state index contributed by atoms with van der Waals surface area (Å²) < 4.78 is 0. The number of anilines is 2. The number of aromatic amines is 1. The summed E-state index contributed by atoms with van der Waals surface area (Å²) >= 11 is 0. The number of H-pyrrole nitrogens is 1. The van der Waals surface area contributed by atoms with Crippen LogP contribution in [0.1, 0.15) is 13.8 Å². The summed E-state index contributed by atoms with van der Waals surface area (Å²) in [6.45, 7) is 3.89. The molecule has 0 saturated heterocycles. The molecule has 0 bridgehead atoms. The van der Waals surface area contributed by atoms with Crippen LogP contribution < -0.4 is 16.2 Å². The van der Waals surface area contributed by atoms with Gasteiger partial charge in [-0.2, -0.15) is 4.98 Å². The molecule has 0 amide bonds. The van der Waals surface area contributed by atoms with Gasteiger partial charge in [-0.3, -0.25) is 9.78 Å². The second kappa shape index (κ2) is 3.08. The van der Waals surface area contributed by atoms with Crippen LogP contribution in [0, 0.1) is 0 Å². The van der Waals surface area contributed by atoms with E-state index in [0.29, 0.717) is 11.5 Å². The maximum absolute atomic E-state index is 11.6. The molecule has 6 nitrogen and oxygen atoms in total. The van der Waals surface area contributed by atoms with Crippen LogP contribution in [0.5, 0.6) is 0 Å². The van der Waals surface area contributed by atoms with Gasteiger partial charge in [0.25, 0.3) is 5.56 Å². The molecule has 0 aromatic carbocycles. The Balaban J connectivity index is 2.72. The van der Waals surface area contributed by atoms with Crippen LogP contribution in [0.4, 0.5) is 17.5 Å². The minimum absolute atomic E-state index is 0.118. The highest BCUT2D eigenvalue weighted by molar-refractivity contribution is 5.95. The van der Waals surface area contributed by atoms with Crippen LogP contribution in [0.3, 0.4) is 0 Å². The molecule has 3 N–H and O–H groups in total. The number of nitrogen functional groups attached to an aromatic ring is 1. The predicted octanol–water partition coefficient (Wildman–Crippen LogP) is 0.283. The van der Waals surface area contributed by atoms with E-state index in [2.05, 4.69) is 15.0 Å². The number of hydrogen-bond acceptors (Lipinski definition) is 5. The summed E-state index contributed by atoms with van der Waals surface area (Å²) in [6, 6.07) is 0.131. The Labute approximate surface area is 86.8 Å². The van der Waals surface area contributed by atoms with E-state index in [0.717, 1.165) is 5.71 Å². The van der Waals surface area contributed by atoms with Crippen molar-refractivity contribution in [3.8, 4) is 0 Å². The second-order valence-electron chi connectivity index (χ2n) is 3.66. The van der Waals surface area contributed by atoms with Gasteiger partial charge in [0.1, 0.15) is 0 Å². The van der Waals surface area contributed by atoms with E-state index in [1.54, 1.807) is 0 Å². The molecule has 0 spiro atoms. The zero-order valence-electron chi connectivity index (χ0n) is 8.90. The fourth-order valence-electron chi connectivity index (χ4n) is 1.55. The lowest BCUT2D eigenvalue weighted by Crippen LogP contribution is -2.39. The SMILES string of the molecule is CC1=Nc2c(nc(N)[nH]c2=O)N(C)C1C. The van der Waals surface area contributed by atoms with Crippen molar-refractivity contribution < 1.29 is 0 Å². The van der Waals surface area contributed by atoms with Crippen LogP contribution in [0.15, 0.2) is 9.79 Å². The number of nitrogens with two attached hydrogens (primary N) is 1. The Hall–Kier alpha value is -1.85. The summed E-state index contributed by atoms with van der Waals surface area (Å²) in [6.07, 6.45) is 0. The van der Waals surface area contributed by atoms with Gasteiger partial charge >= 0.3 is 0 Å². The second-order valence-corrected chi connectivity index (χ2v) is 3.66. The molecule has 0 aliphatic carbocycles. The van der Waals surface area contributed by atoms with E-state index in [4.69, 9.17) is 5.73 Å². The van der Waals surface area contributed by atoms with Crippen LogP contribution in [-0.2, 0) is 0 Å². The maximum atomic E-state index is 11.6. The molecule has 80 valence electrons. The first-order valence-corrected chi connectivity index (χ1v) is 4.68.